The first-order valence-corrected chi connectivity index (χ1v) is 6.67. The van der Waals surface area contributed by atoms with Gasteiger partial charge in [-0.25, -0.2) is 0 Å². The van der Waals surface area contributed by atoms with E-state index in [0.29, 0.717) is 4.51 Å². The molecule has 17 heavy (non-hydrogen) atoms. The Morgan fingerprint density at radius 3 is 2.24 bits per heavy atom. The third kappa shape index (κ3) is 3.13. The Bertz CT molecular complexity index is 431. The van der Waals surface area contributed by atoms with Crippen molar-refractivity contribution in [2.45, 2.75) is 27.2 Å². The maximum Gasteiger partial charge on any atom is 0.220 e. The van der Waals surface area contributed by atoms with Crippen molar-refractivity contribution in [2.75, 3.05) is 38.1 Å². The maximum absolute atomic E-state index is 11.6. The Balaban J connectivity index is 2.44. The first-order valence-electron chi connectivity index (χ1n) is 6.26. The predicted molar refractivity (Wildman–Crippen MR) is 76.3 cm³/mol. The normalized spacial score (nSPS) is 11.4. The van der Waals surface area contributed by atoms with E-state index in [2.05, 4.69) is 18.7 Å². The lowest BCUT2D eigenvalue weighted by Gasteiger charge is -2.24. The average Bonchev–Trinajstić information content (AvgIpc) is 2.34. The van der Waals surface area contributed by atoms with Crippen molar-refractivity contribution in [3.8, 4) is 0 Å². The third-order valence-electron chi connectivity index (χ3n) is 3.36. The van der Waals surface area contributed by atoms with Gasteiger partial charge in [0.2, 0.25) is 5.43 Å². The van der Waals surface area contributed by atoms with E-state index in [1.54, 1.807) is 0 Å². The smallest absolute Gasteiger partial charge is 0.220 e. The number of anilines is 1. The van der Waals surface area contributed by atoms with Gasteiger partial charge in [-0.2, -0.15) is 0 Å². The van der Waals surface area contributed by atoms with Crippen LogP contribution in [0.15, 0.2) is 4.79 Å². The largest absolute Gasteiger partial charge is 0.371 e. The molecular weight excluding hydrogens is 232 g/mol. The van der Waals surface area contributed by atoms with Gasteiger partial charge in [0.05, 0.1) is 10.2 Å². The van der Waals surface area contributed by atoms with Crippen molar-refractivity contribution >= 4 is 17.9 Å². The molecule has 0 radical (unpaired) electrons. The molecule has 0 aromatic heterocycles. The van der Waals surface area contributed by atoms with Crippen molar-refractivity contribution in [1.82, 2.24) is 4.90 Å². The number of hydrogen-bond donors (Lipinski definition) is 0. The quantitative estimate of drug-likeness (QED) is 0.696. The van der Waals surface area contributed by atoms with Crippen molar-refractivity contribution in [1.29, 1.82) is 0 Å². The summed E-state index contributed by atoms with van der Waals surface area (Å²) in [4.78, 5) is 16.0. The molecule has 1 rings (SSSR count). The Hall–Kier alpha value is -0.740. The maximum atomic E-state index is 11.6. The van der Waals surface area contributed by atoms with Crippen LogP contribution in [0.5, 0.6) is 0 Å². The molecule has 0 bridgehead atoms. The molecule has 0 spiro atoms. The molecule has 0 fully saturated rings. The Morgan fingerprint density at radius 1 is 1.18 bits per heavy atom. The summed E-state index contributed by atoms with van der Waals surface area (Å²) in [5, 5.41) is 0. The fourth-order valence-electron chi connectivity index (χ4n) is 2.14. The van der Waals surface area contributed by atoms with E-state index in [1.165, 1.54) is 0 Å². The highest BCUT2D eigenvalue weighted by molar-refractivity contribution is 7.71. The van der Waals surface area contributed by atoms with Crippen LogP contribution in [0.1, 0.15) is 25.8 Å². The Kier molecular flexibility index (Phi) is 5.28. The topological polar surface area (TPSA) is 23.6 Å². The Morgan fingerprint density at radius 2 is 1.76 bits per heavy atom. The summed E-state index contributed by atoms with van der Waals surface area (Å²) in [6, 6.07) is 0. The second-order valence-electron chi connectivity index (χ2n) is 4.43. The summed E-state index contributed by atoms with van der Waals surface area (Å²) >= 11 is 4.97. The molecular formula is C13H22N2OS. The summed E-state index contributed by atoms with van der Waals surface area (Å²) < 4.78 is 0.510. The zero-order chi connectivity index (χ0) is 13.0. The van der Waals surface area contributed by atoms with Crippen LogP contribution in [0.4, 0.5) is 5.69 Å². The standard InChI is InChI=1S/C13H22N2OS/c1-5-15(6-2)9-7-8-14(4)11-10(3)13(17)12(11)16/h5-9H2,1-4H3. The highest BCUT2D eigenvalue weighted by Gasteiger charge is 2.17. The molecule has 4 heteroatoms. The predicted octanol–water partition coefficient (Wildman–Crippen LogP) is 2.13. The molecule has 1 aromatic rings. The number of hydrogen-bond acceptors (Lipinski definition) is 4. The molecule has 0 saturated heterocycles. The molecule has 1 aromatic carbocycles. The van der Waals surface area contributed by atoms with Gasteiger partial charge in [0, 0.05) is 13.6 Å². The minimum absolute atomic E-state index is 0.0443. The van der Waals surface area contributed by atoms with Gasteiger partial charge in [-0.1, -0.05) is 26.1 Å². The van der Waals surface area contributed by atoms with E-state index in [0.717, 1.165) is 43.9 Å². The van der Waals surface area contributed by atoms with Crippen LogP contribution >= 0.6 is 12.2 Å². The van der Waals surface area contributed by atoms with E-state index in [9.17, 15) is 4.79 Å². The zero-order valence-electron chi connectivity index (χ0n) is 11.2. The monoisotopic (exact) mass is 254 g/mol. The summed E-state index contributed by atoms with van der Waals surface area (Å²) in [5.41, 5.74) is 1.84. The molecule has 0 unspecified atom stereocenters. The highest BCUT2D eigenvalue weighted by Crippen LogP contribution is 2.18. The van der Waals surface area contributed by atoms with Crippen LogP contribution in [0, 0.1) is 11.4 Å². The molecule has 0 aliphatic heterocycles. The SMILES string of the molecule is CCN(CC)CCCN(C)c1c(C)c(=S)c1=O. The van der Waals surface area contributed by atoms with Gasteiger partial charge in [-0.3, -0.25) is 4.79 Å². The minimum Gasteiger partial charge on any atom is -0.371 e. The average molecular weight is 254 g/mol. The summed E-state index contributed by atoms with van der Waals surface area (Å²) in [6.45, 7) is 10.5. The van der Waals surface area contributed by atoms with Gasteiger partial charge >= 0.3 is 0 Å². The summed E-state index contributed by atoms with van der Waals surface area (Å²) in [5.74, 6) is 0. The fourth-order valence-corrected chi connectivity index (χ4v) is 2.33. The van der Waals surface area contributed by atoms with Gasteiger partial charge < -0.3 is 9.80 Å². The van der Waals surface area contributed by atoms with Crippen LogP contribution in [0.3, 0.4) is 0 Å². The van der Waals surface area contributed by atoms with Crippen LogP contribution in [0.25, 0.3) is 0 Å². The van der Waals surface area contributed by atoms with Crippen LogP contribution in [-0.2, 0) is 0 Å². The molecule has 0 N–H and O–H groups in total. The molecule has 0 aliphatic carbocycles. The van der Waals surface area contributed by atoms with Gasteiger partial charge in [0.15, 0.2) is 0 Å². The second-order valence-corrected chi connectivity index (χ2v) is 4.84. The van der Waals surface area contributed by atoms with Crippen LogP contribution in [0.2, 0.25) is 0 Å². The van der Waals surface area contributed by atoms with Crippen molar-refractivity contribution in [3.63, 3.8) is 0 Å². The van der Waals surface area contributed by atoms with Gasteiger partial charge in [-0.15, -0.1) is 0 Å². The van der Waals surface area contributed by atoms with Crippen LogP contribution < -0.4 is 10.3 Å². The van der Waals surface area contributed by atoms with E-state index in [-0.39, 0.29) is 5.43 Å². The third-order valence-corrected chi connectivity index (χ3v) is 3.85. The van der Waals surface area contributed by atoms with Gasteiger partial charge in [-0.05, 0) is 38.5 Å². The molecule has 0 aliphatic rings. The van der Waals surface area contributed by atoms with E-state index in [4.69, 9.17) is 12.2 Å². The highest BCUT2D eigenvalue weighted by atomic mass is 32.1. The first kappa shape index (κ1) is 14.3. The van der Waals surface area contributed by atoms with E-state index < -0.39 is 0 Å². The lowest BCUT2D eigenvalue weighted by Crippen LogP contribution is -2.32. The lowest BCUT2D eigenvalue weighted by atomic mass is 10.1. The summed E-state index contributed by atoms with van der Waals surface area (Å²) in [6.07, 6.45) is 1.08. The van der Waals surface area contributed by atoms with Gasteiger partial charge in [0.1, 0.15) is 0 Å². The molecule has 0 heterocycles. The molecule has 3 nitrogen and oxygen atoms in total. The van der Waals surface area contributed by atoms with Crippen molar-refractivity contribution < 1.29 is 0 Å². The fraction of sp³-hybridized carbons (Fsp3) is 0.692. The first-order chi connectivity index (χ1) is 8.02. The van der Waals surface area contributed by atoms with Crippen molar-refractivity contribution in [2.24, 2.45) is 0 Å². The second kappa shape index (κ2) is 6.26. The van der Waals surface area contributed by atoms with E-state index in [1.807, 2.05) is 18.9 Å². The molecule has 0 atom stereocenters. The zero-order valence-corrected chi connectivity index (χ0v) is 12.1. The van der Waals surface area contributed by atoms with E-state index >= 15 is 0 Å². The van der Waals surface area contributed by atoms with Crippen LogP contribution in [-0.4, -0.2) is 38.1 Å². The summed E-state index contributed by atoms with van der Waals surface area (Å²) in [7, 11) is 1.97. The molecule has 0 saturated carbocycles. The number of nitrogens with zero attached hydrogens (tertiary/aromatic N) is 2. The number of rotatable bonds is 7. The van der Waals surface area contributed by atoms with Crippen molar-refractivity contribution in [3.05, 3.63) is 20.3 Å². The molecule has 0 amide bonds. The minimum atomic E-state index is 0.0443. The van der Waals surface area contributed by atoms with Gasteiger partial charge in [0.25, 0.3) is 0 Å². The lowest BCUT2D eigenvalue weighted by molar-refractivity contribution is 0.301. The Labute approximate surface area is 109 Å². The molecule has 96 valence electrons.